The van der Waals surface area contributed by atoms with Crippen molar-refractivity contribution in [3.05, 3.63) is 0 Å². The average molecular weight is 217 g/mol. The van der Waals surface area contributed by atoms with Gasteiger partial charge in [0.15, 0.2) is 0 Å². The molecule has 0 spiro atoms. The summed E-state index contributed by atoms with van der Waals surface area (Å²) in [6, 6.07) is -0.977. The van der Waals surface area contributed by atoms with E-state index in [0.29, 0.717) is 19.5 Å². The van der Waals surface area contributed by atoms with E-state index in [9.17, 15) is 9.59 Å². The van der Waals surface area contributed by atoms with E-state index in [2.05, 4.69) is 5.32 Å². The molecule has 88 valence electrons. The summed E-state index contributed by atoms with van der Waals surface area (Å²) in [6.07, 6.45) is 0.422. The first-order valence-corrected chi connectivity index (χ1v) is 4.80. The van der Waals surface area contributed by atoms with Crippen LogP contribution in [0.5, 0.6) is 0 Å². The second kappa shape index (κ2) is 7.19. The van der Waals surface area contributed by atoms with Gasteiger partial charge >= 0.3 is 6.03 Å². The van der Waals surface area contributed by atoms with E-state index in [1.54, 1.807) is 6.92 Å². The van der Waals surface area contributed by atoms with Crippen LogP contribution in [-0.4, -0.2) is 67.2 Å². The summed E-state index contributed by atoms with van der Waals surface area (Å²) in [5.41, 5.74) is 0. The number of carbonyl (C=O) groups excluding carboxylic acids is 2. The van der Waals surface area contributed by atoms with Crippen LogP contribution in [0.25, 0.3) is 0 Å². The van der Waals surface area contributed by atoms with Crippen LogP contribution < -0.4 is 5.32 Å². The van der Waals surface area contributed by atoms with Crippen LogP contribution in [0.15, 0.2) is 0 Å². The summed E-state index contributed by atoms with van der Waals surface area (Å²) < 4.78 is 0. The fourth-order valence-corrected chi connectivity index (χ4v) is 0.918. The lowest BCUT2D eigenvalue weighted by Gasteiger charge is -2.22. The van der Waals surface area contributed by atoms with Gasteiger partial charge in [-0.25, -0.2) is 4.79 Å². The summed E-state index contributed by atoms with van der Waals surface area (Å²) in [5.74, 6) is 0. The number of carbonyl (C=O) groups is 2. The lowest BCUT2D eigenvalue weighted by Crippen LogP contribution is -2.47. The Morgan fingerprint density at radius 1 is 1.53 bits per heavy atom. The van der Waals surface area contributed by atoms with Crippen molar-refractivity contribution in [1.29, 1.82) is 0 Å². The highest BCUT2D eigenvalue weighted by atomic mass is 16.3. The third-order valence-electron chi connectivity index (χ3n) is 1.92. The second-order valence-electron chi connectivity index (χ2n) is 3.58. The number of nitrogens with zero attached hydrogens (tertiary/aromatic N) is 2. The standard InChI is InChI=1S/C9H19N3O3/c1-8(6-13)12(7-14)9(15)10-4-5-11(2)3/h7-8,13H,4-6H2,1-3H3,(H,10,15). The molecule has 0 aromatic heterocycles. The Bertz CT molecular complexity index is 209. The minimum atomic E-state index is -0.498. The number of amides is 3. The maximum atomic E-state index is 11.4. The largest absolute Gasteiger partial charge is 0.394 e. The van der Waals surface area contributed by atoms with Crippen molar-refractivity contribution in [2.45, 2.75) is 13.0 Å². The van der Waals surface area contributed by atoms with Crippen molar-refractivity contribution in [1.82, 2.24) is 15.1 Å². The van der Waals surface area contributed by atoms with Crippen LogP contribution in [0.4, 0.5) is 4.79 Å². The zero-order valence-electron chi connectivity index (χ0n) is 9.43. The maximum Gasteiger partial charge on any atom is 0.324 e. The number of likely N-dealkylation sites (N-methyl/N-ethyl adjacent to an activating group) is 1. The Morgan fingerprint density at radius 2 is 2.13 bits per heavy atom. The molecule has 0 heterocycles. The SMILES string of the molecule is CC(CO)N(C=O)C(=O)NCCN(C)C. The van der Waals surface area contributed by atoms with Gasteiger partial charge in [0.2, 0.25) is 6.41 Å². The molecule has 0 saturated heterocycles. The van der Waals surface area contributed by atoms with Gasteiger partial charge in [0, 0.05) is 13.1 Å². The van der Waals surface area contributed by atoms with Gasteiger partial charge in [-0.1, -0.05) is 0 Å². The molecule has 0 saturated carbocycles. The number of aliphatic hydroxyl groups excluding tert-OH is 1. The van der Waals surface area contributed by atoms with Gasteiger partial charge in [-0.05, 0) is 21.0 Å². The molecule has 2 N–H and O–H groups in total. The van der Waals surface area contributed by atoms with Gasteiger partial charge in [-0.3, -0.25) is 9.69 Å². The molecule has 0 aliphatic heterocycles. The molecule has 0 aliphatic carbocycles. The highest BCUT2D eigenvalue weighted by molar-refractivity contribution is 5.85. The molecule has 0 bridgehead atoms. The van der Waals surface area contributed by atoms with E-state index in [4.69, 9.17) is 5.11 Å². The van der Waals surface area contributed by atoms with Gasteiger partial charge in [-0.2, -0.15) is 0 Å². The summed E-state index contributed by atoms with van der Waals surface area (Å²) in [7, 11) is 3.78. The molecule has 0 aliphatic rings. The second-order valence-corrected chi connectivity index (χ2v) is 3.58. The Labute approximate surface area is 89.8 Å². The van der Waals surface area contributed by atoms with Gasteiger partial charge in [0.25, 0.3) is 0 Å². The molecule has 0 rings (SSSR count). The molecular formula is C9H19N3O3. The summed E-state index contributed by atoms with van der Waals surface area (Å²) >= 11 is 0. The summed E-state index contributed by atoms with van der Waals surface area (Å²) in [4.78, 5) is 24.9. The zero-order valence-corrected chi connectivity index (χ0v) is 9.43. The van der Waals surface area contributed by atoms with Crippen molar-refractivity contribution in [3.63, 3.8) is 0 Å². The molecule has 3 amide bonds. The average Bonchev–Trinajstić information content (AvgIpc) is 2.18. The fraction of sp³-hybridized carbons (Fsp3) is 0.778. The molecule has 1 atom stereocenters. The third kappa shape index (κ3) is 5.34. The van der Waals surface area contributed by atoms with Crippen LogP contribution >= 0.6 is 0 Å². The fourth-order valence-electron chi connectivity index (χ4n) is 0.918. The van der Waals surface area contributed by atoms with Gasteiger partial charge in [-0.15, -0.1) is 0 Å². The minimum absolute atomic E-state index is 0.236. The maximum absolute atomic E-state index is 11.4. The first-order valence-electron chi connectivity index (χ1n) is 4.80. The number of hydrogen-bond acceptors (Lipinski definition) is 4. The van der Waals surface area contributed by atoms with Gasteiger partial charge < -0.3 is 15.3 Å². The first-order chi connectivity index (χ1) is 7.02. The number of urea groups is 1. The van der Waals surface area contributed by atoms with Gasteiger partial charge in [0.05, 0.1) is 12.6 Å². The van der Waals surface area contributed by atoms with Crippen LogP contribution in [0, 0.1) is 0 Å². The Morgan fingerprint density at radius 3 is 2.53 bits per heavy atom. The van der Waals surface area contributed by atoms with E-state index in [-0.39, 0.29) is 6.61 Å². The van der Waals surface area contributed by atoms with E-state index < -0.39 is 12.1 Å². The van der Waals surface area contributed by atoms with Crippen LogP contribution in [0.1, 0.15) is 6.92 Å². The number of hydrogen-bond donors (Lipinski definition) is 2. The Balaban J connectivity index is 3.99. The van der Waals surface area contributed by atoms with Crippen molar-refractivity contribution in [2.75, 3.05) is 33.8 Å². The van der Waals surface area contributed by atoms with Crippen LogP contribution in [-0.2, 0) is 4.79 Å². The van der Waals surface area contributed by atoms with Crippen molar-refractivity contribution >= 4 is 12.4 Å². The predicted molar refractivity (Wildman–Crippen MR) is 56.4 cm³/mol. The monoisotopic (exact) mass is 217 g/mol. The summed E-state index contributed by atoms with van der Waals surface area (Å²) in [6.45, 7) is 2.53. The number of aliphatic hydroxyl groups is 1. The van der Waals surface area contributed by atoms with Crippen molar-refractivity contribution in [3.8, 4) is 0 Å². The topological polar surface area (TPSA) is 72.9 Å². The van der Waals surface area contributed by atoms with Crippen molar-refractivity contribution in [2.24, 2.45) is 0 Å². The lowest BCUT2D eigenvalue weighted by molar-refractivity contribution is -0.117. The lowest BCUT2D eigenvalue weighted by atomic mass is 10.3. The Kier molecular flexibility index (Phi) is 6.64. The quantitative estimate of drug-likeness (QED) is 0.565. The molecule has 0 aromatic carbocycles. The number of nitrogens with one attached hydrogen (secondary N) is 1. The van der Waals surface area contributed by atoms with Crippen LogP contribution in [0.2, 0.25) is 0 Å². The number of rotatable bonds is 6. The van der Waals surface area contributed by atoms with E-state index >= 15 is 0 Å². The van der Waals surface area contributed by atoms with E-state index in [1.165, 1.54) is 0 Å². The molecular weight excluding hydrogens is 198 g/mol. The van der Waals surface area contributed by atoms with E-state index in [0.717, 1.165) is 4.90 Å². The highest BCUT2D eigenvalue weighted by Crippen LogP contribution is 1.94. The van der Waals surface area contributed by atoms with E-state index in [1.807, 2.05) is 19.0 Å². The van der Waals surface area contributed by atoms with Crippen LogP contribution in [0.3, 0.4) is 0 Å². The molecule has 1 unspecified atom stereocenters. The zero-order chi connectivity index (χ0) is 11.8. The Hall–Kier alpha value is -1.14. The van der Waals surface area contributed by atoms with Crippen molar-refractivity contribution < 1.29 is 14.7 Å². The summed E-state index contributed by atoms with van der Waals surface area (Å²) in [5, 5.41) is 11.4. The molecule has 0 radical (unpaired) electrons. The molecule has 0 fully saturated rings. The molecule has 6 heteroatoms. The normalized spacial score (nSPS) is 12.3. The number of imide groups is 1. The smallest absolute Gasteiger partial charge is 0.324 e. The first kappa shape index (κ1) is 13.9. The molecule has 15 heavy (non-hydrogen) atoms. The molecule has 0 aromatic rings. The third-order valence-corrected chi connectivity index (χ3v) is 1.92. The minimum Gasteiger partial charge on any atom is -0.394 e. The highest BCUT2D eigenvalue weighted by Gasteiger charge is 2.17. The predicted octanol–water partition coefficient (Wildman–Crippen LogP) is -0.903. The molecule has 6 nitrogen and oxygen atoms in total. The van der Waals surface area contributed by atoms with Gasteiger partial charge in [0.1, 0.15) is 0 Å².